The van der Waals surface area contributed by atoms with Gasteiger partial charge < -0.3 is 9.67 Å². The van der Waals surface area contributed by atoms with Gasteiger partial charge in [0, 0.05) is 17.4 Å². The number of hydrogen-bond donors (Lipinski definition) is 1. The Morgan fingerprint density at radius 3 is 2.76 bits per heavy atom. The van der Waals surface area contributed by atoms with Crippen molar-refractivity contribution in [2.75, 3.05) is 0 Å². The Balaban J connectivity index is 1.90. The molecule has 1 aliphatic rings. The van der Waals surface area contributed by atoms with E-state index in [9.17, 15) is 9.90 Å². The first kappa shape index (κ1) is 14.2. The van der Waals surface area contributed by atoms with Crippen LogP contribution in [0.3, 0.4) is 0 Å². The maximum Gasteiger partial charge on any atom is 0.352 e. The molecule has 2 aromatic rings. The van der Waals surface area contributed by atoms with Crippen molar-refractivity contribution in [1.29, 1.82) is 0 Å². The molecule has 3 nitrogen and oxygen atoms in total. The Labute approximate surface area is 125 Å². The van der Waals surface area contributed by atoms with E-state index in [-0.39, 0.29) is 0 Å². The standard InChI is InChI=1S/C18H23NO2/c1-13-6-5-9-16-15(13)12-17(18(20)21)19(16)11-10-14-7-3-2-4-8-14/h5-6,9,12,14H,2-4,7-8,10-11H2,1H3,(H,20,21). The van der Waals surface area contributed by atoms with Crippen molar-refractivity contribution < 1.29 is 9.90 Å². The fourth-order valence-electron chi connectivity index (χ4n) is 3.64. The van der Waals surface area contributed by atoms with Crippen LogP contribution in [-0.4, -0.2) is 15.6 Å². The van der Waals surface area contributed by atoms with E-state index in [1.807, 2.05) is 35.8 Å². The number of carbonyl (C=O) groups is 1. The number of aromatic nitrogens is 1. The van der Waals surface area contributed by atoms with Gasteiger partial charge in [0.15, 0.2) is 0 Å². The summed E-state index contributed by atoms with van der Waals surface area (Å²) in [4.78, 5) is 11.5. The van der Waals surface area contributed by atoms with Crippen molar-refractivity contribution in [3.63, 3.8) is 0 Å². The van der Waals surface area contributed by atoms with E-state index in [2.05, 4.69) is 0 Å². The highest BCUT2D eigenvalue weighted by Gasteiger charge is 2.18. The van der Waals surface area contributed by atoms with Crippen LogP contribution in [-0.2, 0) is 6.54 Å². The van der Waals surface area contributed by atoms with E-state index < -0.39 is 5.97 Å². The van der Waals surface area contributed by atoms with E-state index in [1.54, 1.807) is 0 Å². The molecule has 3 heteroatoms. The second-order valence-electron chi connectivity index (χ2n) is 6.29. The van der Waals surface area contributed by atoms with E-state index >= 15 is 0 Å². The molecule has 0 atom stereocenters. The molecule has 1 saturated carbocycles. The number of benzene rings is 1. The molecule has 1 fully saturated rings. The van der Waals surface area contributed by atoms with Crippen LogP contribution < -0.4 is 0 Å². The average Bonchev–Trinajstić information content (AvgIpc) is 2.87. The zero-order valence-corrected chi connectivity index (χ0v) is 12.6. The fourth-order valence-corrected chi connectivity index (χ4v) is 3.64. The van der Waals surface area contributed by atoms with Crippen molar-refractivity contribution in [2.45, 2.75) is 52.0 Å². The summed E-state index contributed by atoms with van der Waals surface area (Å²) in [5.41, 5.74) is 2.63. The van der Waals surface area contributed by atoms with Gasteiger partial charge in [0.1, 0.15) is 5.69 Å². The molecule has 112 valence electrons. The Bertz CT molecular complexity index is 651. The number of carboxylic acid groups (broad SMARTS) is 1. The third-order valence-electron chi connectivity index (χ3n) is 4.87. The van der Waals surface area contributed by atoms with Crippen molar-refractivity contribution in [2.24, 2.45) is 5.92 Å². The number of aromatic carboxylic acids is 1. The summed E-state index contributed by atoms with van der Waals surface area (Å²) >= 11 is 0. The van der Waals surface area contributed by atoms with Gasteiger partial charge in [0.25, 0.3) is 0 Å². The Hall–Kier alpha value is -1.77. The first-order valence-corrected chi connectivity index (χ1v) is 7.99. The first-order chi connectivity index (χ1) is 10.2. The van der Waals surface area contributed by atoms with Crippen LogP contribution in [0.15, 0.2) is 24.3 Å². The van der Waals surface area contributed by atoms with Crippen LogP contribution in [0.2, 0.25) is 0 Å². The average molecular weight is 285 g/mol. The molecule has 0 saturated heterocycles. The molecule has 1 heterocycles. The predicted octanol–water partition coefficient (Wildman–Crippen LogP) is 4.62. The van der Waals surface area contributed by atoms with Gasteiger partial charge in [0.05, 0.1) is 0 Å². The highest BCUT2D eigenvalue weighted by atomic mass is 16.4. The van der Waals surface area contributed by atoms with Crippen LogP contribution in [0.1, 0.15) is 54.6 Å². The molecule has 1 aliphatic carbocycles. The number of nitrogens with zero attached hydrogens (tertiary/aromatic N) is 1. The van der Waals surface area contributed by atoms with Gasteiger partial charge in [-0.05, 0) is 37.0 Å². The maximum absolute atomic E-state index is 11.5. The number of fused-ring (bicyclic) bond motifs is 1. The Kier molecular flexibility index (Phi) is 4.00. The van der Waals surface area contributed by atoms with Crippen molar-refractivity contribution in [1.82, 2.24) is 4.57 Å². The molecule has 0 radical (unpaired) electrons. The van der Waals surface area contributed by atoms with Crippen molar-refractivity contribution >= 4 is 16.9 Å². The van der Waals surface area contributed by atoms with E-state index in [0.717, 1.165) is 35.3 Å². The molecule has 21 heavy (non-hydrogen) atoms. The number of hydrogen-bond acceptors (Lipinski definition) is 1. The van der Waals surface area contributed by atoms with Crippen LogP contribution in [0.5, 0.6) is 0 Å². The lowest BCUT2D eigenvalue weighted by molar-refractivity contribution is 0.0685. The Morgan fingerprint density at radius 2 is 2.05 bits per heavy atom. The second-order valence-corrected chi connectivity index (χ2v) is 6.29. The highest BCUT2D eigenvalue weighted by Crippen LogP contribution is 2.29. The largest absolute Gasteiger partial charge is 0.477 e. The summed E-state index contributed by atoms with van der Waals surface area (Å²) in [6, 6.07) is 7.92. The molecular weight excluding hydrogens is 262 g/mol. The van der Waals surface area contributed by atoms with Gasteiger partial charge in [-0.3, -0.25) is 0 Å². The third-order valence-corrected chi connectivity index (χ3v) is 4.87. The van der Waals surface area contributed by atoms with E-state index in [1.165, 1.54) is 32.1 Å². The minimum absolute atomic E-state index is 0.426. The summed E-state index contributed by atoms with van der Waals surface area (Å²) in [6.45, 7) is 2.86. The minimum Gasteiger partial charge on any atom is -0.477 e. The fraction of sp³-hybridized carbons (Fsp3) is 0.500. The maximum atomic E-state index is 11.5. The quantitative estimate of drug-likeness (QED) is 0.890. The lowest BCUT2D eigenvalue weighted by Crippen LogP contribution is -2.13. The summed E-state index contributed by atoms with van der Waals surface area (Å²) in [5.74, 6) is -0.0584. The molecule has 1 N–H and O–H groups in total. The minimum atomic E-state index is -0.825. The highest BCUT2D eigenvalue weighted by molar-refractivity contribution is 5.95. The van der Waals surface area contributed by atoms with Gasteiger partial charge in [-0.15, -0.1) is 0 Å². The summed E-state index contributed by atoms with van der Waals surface area (Å²) < 4.78 is 2.00. The van der Waals surface area contributed by atoms with E-state index in [4.69, 9.17) is 0 Å². The van der Waals surface area contributed by atoms with E-state index in [0.29, 0.717) is 5.69 Å². The lowest BCUT2D eigenvalue weighted by Gasteiger charge is -2.22. The van der Waals surface area contributed by atoms with Crippen molar-refractivity contribution in [3.8, 4) is 0 Å². The Morgan fingerprint density at radius 1 is 1.29 bits per heavy atom. The van der Waals surface area contributed by atoms with Gasteiger partial charge in [-0.2, -0.15) is 0 Å². The molecule has 0 amide bonds. The number of rotatable bonds is 4. The SMILES string of the molecule is Cc1cccc2c1cc(C(=O)O)n2CCC1CCCCC1. The molecule has 0 bridgehead atoms. The van der Waals surface area contributed by atoms with Crippen LogP contribution >= 0.6 is 0 Å². The summed E-state index contributed by atoms with van der Waals surface area (Å²) in [6.07, 6.45) is 7.74. The normalized spacial score (nSPS) is 16.4. The van der Waals surface area contributed by atoms with Gasteiger partial charge in [0.2, 0.25) is 0 Å². The monoisotopic (exact) mass is 285 g/mol. The topological polar surface area (TPSA) is 42.2 Å². The molecule has 0 aliphatic heterocycles. The summed E-state index contributed by atoms with van der Waals surface area (Å²) in [5, 5.41) is 10.5. The second kappa shape index (κ2) is 5.92. The lowest BCUT2D eigenvalue weighted by atomic mass is 9.87. The number of aryl methyl sites for hydroxylation is 2. The number of carboxylic acids is 1. The zero-order chi connectivity index (χ0) is 14.8. The first-order valence-electron chi connectivity index (χ1n) is 7.99. The molecule has 3 rings (SSSR count). The predicted molar refractivity (Wildman–Crippen MR) is 84.8 cm³/mol. The van der Waals surface area contributed by atoms with Crippen LogP contribution in [0, 0.1) is 12.8 Å². The smallest absolute Gasteiger partial charge is 0.352 e. The van der Waals surface area contributed by atoms with Crippen LogP contribution in [0.4, 0.5) is 0 Å². The van der Waals surface area contributed by atoms with Gasteiger partial charge in [-0.1, -0.05) is 44.2 Å². The summed E-state index contributed by atoms with van der Waals surface area (Å²) in [7, 11) is 0. The molecular formula is C18H23NO2. The molecule has 1 aromatic carbocycles. The zero-order valence-electron chi connectivity index (χ0n) is 12.6. The van der Waals surface area contributed by atoms with Gasteiger partial charge in [-0.25, -0.2) is 4.79 Å². The van der Waals surface area contributed by atoms with Gasteiger partial charge >= 0.3 is 5.97 Å². The van der Waals surface area contributed by atoms with Crippen molar-refractivity contribution in [3.05, 3.63) is 35.5 Å². The molecule has 0 spiro atoms. The molecule has 0 unspecified atom stereocenters. The molecule has 1 aromatic heterocycles. The van der Waals surface area contributed by atoms with Crippen LogP contribution in [0.25, 0.3) is 10.9 Å². The third kappa shape index (κ3) is 2.82.